The summed E-state index contributed by atoms with van der Waals surface area (Å²) < 4.78 is 1.18. The molecule has 0 saturated heterocycles. The normalized spacial score (nSPS) is 16.8. The van der Waals surface area contributed by atoms with Gasteiger partial charge in [-0.25, -0.2) is 4.98 Å². The van der Waals surface area contributed by atoms with E-state index < -0.39 is 0 Å². The second-order valence-corrected chi connectivity index (χ2v) is 5.43. The zero-order valence-corrected chi connectivity index (χ0v) is 9.12. The Morgan fingerprint density at radius 3 is 2.92 bits per heavy atom. The Bertz CT molecular complexity index is 281. The molecule has 66 valence electrons. The highest BCUT2D eigenvalue weighted by atomic mass is 79.9. The van der Waals surface area contributed by atoms with E-state index in [9.17, 15) is 0 Å². The first-order chi connectivity index (χ1) is 5.81. The fourth-order valence-electron chi connectivity index (χ4n) is 1.15. The maximum Gasteiger partial charge on any atom is 0.0971 e. The average molecular weight is 247 g/mol. The first-order valence-electron chi connectivity index (χ1n) is 4.16. The molecule has 0 bridgehead atoms. The van der Waals surface area contributed by atoms with E-state index in [1.807, 2.05) is 0 Å². The molecular formula is C8H11BrN2S. The van der Waals surface area contributed by atoms with E-state index in [4.69, 9.17) is 5.73 Å². The Labute approximate surface area is 84.3 Å². The van der Waals surface area contributed by atoms with E-state index in [-0.39, 0.29) is 0 Å². The van der Waals surface area contributed by atoms with Crippen LogP contribution in [0.5, 0.6) is 0 Å². The summed E-state index contributed by atoms with van der Waals surface area (Å²) in [6.45, 7) is 0.687. The number of thiazole rings is 1. The number of rotatable bonds is 3. The van der Waals surface area contributed by atoms with Crippen LogP contribution in [-0.4, -0.2) is 11.5 Å². The molecule has 0 aliphatic heterocycles. The van der Waals surface area contributed by atoms with Crippen molar-refractivity contribution in [1.82, 2.24) is 4.98 Å². The molecule has 2 N–H and O–H groups in total. The van der Waals surface area contributed by atoms with Crippen LogP contribution in [0.1, 0.15) is 29.5 Å². The van der Waals surface area contributed by atoms with Crippen LogP contribution in [-0.2, 0) is 6.42 Å². The summed E-state index contributed by atoms with van der Waals surface area (Å²) in [5, 5.41) is 1.30. The Hall–Kier alpha value is 0.0700. The summed E-state index contributed by atoms with van der Waals surface area (Å²) >= 11 is 5.29. The van der Waals surface area contributed by atoms with Gasteiger partial charge in [0.25, 0.3) is 0 Å². The van der Waals surface area contributed by atoms with Gasteiger partial charge in [0.2, 0.25) is 0 Å². The maximum atomic E-state index is 5.47. The van der Waals surface area contributed by atoms with Crippen molar-refractivity contribution in [2.75, 3.05) is 6.54 Å². The molecule has 4 heteroatoms. The molecule has 1 saturated carbocycles. The zero-order valence-electron chi connectivity index (χ0n) is 6.72. The molecule has 2 rings (SSSR count). The van der Waals surface area contributed by atoms with E-state index >= 15 is 0 Å². The molecule has 0 unspecified atom stereocenters. The lowest BCUT2D eigenvalue weighted by Gasteiger charge is -1.90. The van der Waals surface area contributed by atoms with Gasteiger partial charge < -0.3 is 5.73 Å². The summed E-state index contributed by atoms with van der Waals surface area (Å²) in [7, 11) is 0. The summed E-state index contributed by atoms with van der Waals surface area (Å²) in [5.74, 6) is 0.762. The third kappa shape index (κ3) is 1.70. The SMILES string of the molecule is NCCc1nc(C2CC2)sc1Br. The van der Waals surface area contributed by atoms with Crippen molar-refractivity contribution in [3.63, 3.8) is 0 Å². The van der Waals surface area contributed by atoms with Crippen molar-refractivity contribution in [2.24, 2.45) is 5.73 Å². The van der Waals surface area contributed by atoms with Crippen LogP contribution in [0, 0.1) is 0 Å². The summed E-state index contributed by atoms with van der Waals surface area (Å²) in [6, 6.07) is 0. The number of aromatic nitrogens is 1. The van der Waals surface area contributed by atoms with Crippen molar-refractivity contribution >= 4 is 27.3 Å². The fourth-order valence-corrected chi connectivity index (χ4v) is 2.94. The highest BCUT2D eigenvalue weighted by molar-refractivity contribution is 9.11. The molecule has 12 heavy (non-hydrogen) atoms. The molecule has 1 fully saturated rings. The Kier molecular flexibility index (Phi) is 2.48. The number of nitrogens with two attached hydrogens (primary N) is 1. The highest BCUT2D eigenvalue weighted by Crippen LogP contribution is 2.43. The number of hydrogen-bond donors (Lipinski definition) is 1. The smallest absolute Gasteiger partial charge is 0.0971 e. The molecule has 0 atom stereocenters. The molecule has 2 nitrogen and oxygen atoms in total. The minimum absolute atomic E-state index is 0.687. The van der Waals surface area contributed by atoms with Gasteiger partial charge in [-0.1, -0.05) is 0 Å². The van der Waals surface area contributed by atoms with Crippen molar-refractivity contribution in [3.05, 3.63) is 14.5 Å². The van der Waals surface area contributed by atoms with Crippen molar-refractivity contribution in [2.45, 2.75) is 25.2 Å². The highest BCUT2D eigenvalue weighted by Gasteiger charge is 2.27. The van der Waals surface area contributed by atoms with Gasteiger partial charge >= 0.3 is 0 Å². The zero-order chi connectivity index (χ0) is 8.55. The van der Waals surface area contributed by atoms with Crippen LogP contribution in [0.4, 0.5) is 0 Å². The van der Waals surface area contributed by atoms with Crippen LogP contribution in [0.3, 0.4) is 0 Å². The lowest BCUT2D eigenvalue weighted by Crippen LogP contribution is -2.03. The van der Waals surface area contributed by atoms with E-state index in [0.717, 1.165) is 18.0 Å². The standard InChI is InChI=1S/C8H11BrN2S/c9-7-6(3-4-10)11-8(12-7)5-1-2-5/h5H,1-4,10H2. The molecule has 0 aromatic carbocycles. The van der Waals surface area contributed by atoms with E-state index in [0.29, 0.717) is 6.54 Å². The number of halogens is 1. The molecule has 0 radical (unpaired) electrons. The molecule has 1 aliphatic carbocycles. The van der Waals surface area contributed by atoms with Gasteiger partial charge in [-0.05, 0) is 35.3 Å². The molecule has 0 amide bonds. The Morgan fingerprint density at radius 2 is 2.33 bits per heavy atom. The van der Waals surface area contributed by atoms with Crippen LogP contribution in [0.2, 0.25) is 0 Å². The van der Waals surface area contributed by atoms with Gasteiger partial charge in [0.1, 0.15) is 0 Å². The van der Waals surface area contributed by atoms with Gasteiger partial charge in [-0.2, -0.15) is 0 Å². The monoisotopic (exact) mass is 246 g/mol. The second kappa shape index (κ2) is 3.44. The Morgan fingerprint density at radius 1 is 1.58 bits per heavy atom. The average Bonchev–Trinajstić information content (AvgIpc) is 2.80. The van der Waals surface area contributed by atoms with E-state index in [1.165, 1.54) is 21.6 Å². The van der Waals surface area contributed by atoms with E-state index in [1.54, 1.807) is 11.3 Å². The molecule has 1 aliphatic rings. The largest absolute Gasteiger partial charge is 0.330 e. The molecule has 1 aromatic heterocycles. The second-order valence-electron chi connectivity index (χ2n) is 3.09. The van der Waals surface area contributed by atoms with Crippen LogP contribution in [0.15, 0.2) is 3.79 Å². The lowest BCUT2D eigenvalue weighted by molar-refractivity contribution is 0.912. The predicted molar refractivity (Wildman–Crippen MR) is 54.5 cm³/mol. The van der Waals surface area contributed by atoms with Crippen molar-refractivity contribution in [3.8, 4) is 0 Å². The third-order valence-electron chi connectivity index (χ3n) is 1.97. The lowest BCUT2D eigenvalue weighted by atomic mass is 10.3. The Balaban J connectivity index is 2.18. The minimum Gasteiger partial charge on any atom is -0.330 e. The number of nitrogens with zero attached hydrogens (tertiary/aromatic N) is 1. The summed E-state index contributed by atoms with van der Waals surface area (Å²) in [6.07, 6.45) is 3.54. The molecule has 0 spiro atoms. The van der Waals surface area contributed by atoms with Crippen molar-refractivity contribution in [1.29, 1.82) is 0 Å². The van der Waals surface area contributed by atoms with Crippen LogP contribution < -0.4 is 5.73 Å². The van der Waals surface area contributed by atoms with E-state index in [2.05, 4.69) is 20.9 Å². The van der Waals surface area contributed by atoms with Gasteiger partial charge in [0.15, 0.2) is 0 Å². The molecular weight excluding hydrogens is 236 g/mol. The quantitative estimate of drug-likeness (QED) is 0.889. The predicted octanol–water partition coefficient (Wildman–Crippen LogP) is 2.28. The fraction of sp³-hybridized carbons (Fsp3) is 0.625. The van der Waals surface area contributed by atoms with Crippen molar-refractivity contribution < 1.29 is 0 Å². The number of hydrogen-bond acceptors (Lipinski definition) is 3. The first kappa shape index (κ1) is 8.66. The molecule has 1 heterocycles. The minimum atomic E-state index is 0.687. The van der Waals surface area contributed by atoms with Gasteiger partial charge in [-0.3, -0.25) is 0 Å². The van der Waals surface area contributed by atoms with Gasteiger partial charge in [0.05, 0.1) is 14.5 Å². The summed E-state index contributed by atoms with van der Waals surface area (Å²) in [4.78, 5) is 4.55. The first-order valence-corrected chi connectivity index (χ1v) is 5.77. The van der Waals surface area contributed by atoms with Gasteiger partial charge in [-0.15, -0.1) is 11.3 Å². The third-order valence-corrected chi connectivity index (χ3v) is 3.97. The maximum absolute atomic E-state index is 5.47. The molecule has 1 aromatic rings. The topological polar surface area (TPSA) is 38.9 Å². The van der Waals surface area contributed by atoms with Crippen LogP contribution in [0.25, 0.3) is 0 Å². The summed E-state index contributed by atoms with van der Waals surface area (Å²) in [5.41, 5.74) is 6.62. The van der Waals surface area contributed by atoms with Gasteiger partial charge in [0, 0.05) is 12.3 Å². The van der Waals surface area contributed by atoms with Crippen LogP contribution >= 0.6 is 27.3 Å².